The van der Waals surface area contributed by atoms with Crippen molar-refractivity contribution in [1.29, 1.82) is 0 Å². The first-order chi connectivity index (χ1) is 9.26. The molecule has 0 aliphatic carbocycles. The zero-order valence-electron chi connectivity index (χ0n) is 12.5. The molecular formula is C15H29N3O. The van der Waals surface area contributed by atoms with Gasteiger partial charge in [-0.2, -0.15) is 0 Å². The molecule has 0 aromatic rings. The monoisotopic (exact) mass is 267 g/mol. The van der Waals surface area contributed by atoms with Crippen molar-refractivity contribution in [2.45, 2.75) is 45.1 Å². The number of piperidine rings is 1. The van der Waals surface area contributed by atoms with E-state index in [9.17, 15) is 4.79 Å². The van der Waals surface area contributed by atoms with Crippen LogP contribution in [0.25, 0.3) is 0 Å². The molecular weight excluding hydrogens is 238 g/mol. The molecule has 2 heterocycles. The average molecular weight is 267 g/mol. The summed E-state index contributed by atoms with van der Waals surface area (Å²) in [5.41, 5.74) is 0. The third kappa shape index (κ3) is 3.69. The third-order valence-electron chi connectivity index (χ3n) is 4.50. The predicted octanol–water partition coefficient (Wildman–Crippen LogP) is 1.32. The highest BCUT2D eigenvalue weighted by Gasteiger charge is 2.34. The molecule has 0 aromatic carbocycles. The van der Waals surface area contributed by atoms with Crippen molar-refractivity contribution >= 4 is 5.91 Å². The summed E-state index contributed by atoms with van der Waals surface area (Å²) in [6.45, 7) is 7.34. The number of likely N-dealkylation sites (tertiary alicyclic amines) is 2. The smallest absolute Gasteiger partial charge is 0.239 e. The molecule has 4 nitrogen and oxygen atoms in total. The van der Waals surface area contributed by atoms with Gasteiger partial charge < -0.3 is 10.2 Å². The number of rotatable bonds is 5. The fraction of sp³-hybridized carbons (Fsp3) is 0.933. The average Bonchev–Trinajstić information content (AvgIpc) is 2.88. The van der Waals surface area contributed by atoms with Crippen molar-refractivity contribution in [2.75, 3.05) is 39.8 Å². The van der Waals surface area contributed by atoms with Gasteiger partial charge in [-0.15, -0.1) is 0 Å². The van der Waals surface area contributed by atoms with Crippen LogP contribution in [0.5, 0.6) is 0 Å². The second-order valence-electron chi connectivity index (χ2n) is 6.04. The maximum Gasteiger partial charge on any atom is 0.239 e. The largest absolute Gasteiger partial charge is 0.341 e. The topological polar surface area (TPSA) is 35.6 Å². The summed E-state index contributed by atoms with van der Waals surface area (Å²) in [6, 6.07) is 0.169. The standard InChI is InChI=1S/C15H29N3O/c1-3-8-17-9-5-4-6-14(17)15(19)18-10-7-13(12-18)11-16-2/h13-14,16H,3-12H2,1-2H3/t13-,14-/m0/s1. The van der Waals surface area contributed by atoms with Gasteiger partial charge in [0.1, 0.15) is 0 Å². The minimum atomic E-state index is 0.169. The van der Waals surface area contributed by atoms with Crippen LogP contribution >= 0.6 is 0 Å². The summed E-state index contributed by atoms with van der Waals surface area (Å²) in [4.78, 5) is 17.2. The molecule has 0 radical (unpaired) electrons. The highest BCUT2D eigenvalue weighted by atomic mass is 16.2. The Balaban J connectivity index is 1.90. The van der Waals surface area contributed by atoms with E-state index in [2.05, 4.69) is 22.0 Å². The maximum atomic E-state index is 12.7. The van der Waals surface area contributed by atoms with Crippen LogP contribution in [-0.2, 0) is 4.79 Å². The molecule has 1 N–H and O–H groups in total. The fourth-order valence-corrected chi connectivity index (χ4v) is 3.52. The van der Waals surface area contributed by atoms with Gasteiger partial charge >= 0.3 is 0 Å². The van der Waals surface area contributed by atoms with Crippen LogP contribution < -0.4 is 5.32 Å². The molecule has 0 bridgehead atoms. The Morgan fingerprint density at radius 1 is 1.26 bits per heavy atom. The van der Waals surface area contributed by atoms with E-state index >= 15 is 0 Å². The minimum absolute atomic E-state index is 0.169. The third-order valence-corrected chi connectivity index (χ3v) is 4.50. The van der Waals surface area contributed by atoms with Gasteiger partial charge in [0, 0.05) is 13.1 Å². The van der Waals surface area contributed by atoms with Crippen molar-refractivity contribution < 1.29 is 4.79 Å². The van der Waals surface area contributed by atoms with Crippen molar-refractivity contribution in [2.24, 2.45) is 5.92 Å². The minimum Gasteiger partial charge on any atom is -0.341 e. The number of carbonyl (C=O) groups excluding carboxylic acids is 1. The van der Waals surface area contributed by atoms with E-state index < -0.39 is 0 Å². The summed E-state index contributed by atoms with van der Waals surface area (Å²) in [5.74, 6) is 1.05. The lowest BCUT2D eigenvalue weighted by Gasteiger charge is -2.36. The molecule has 0 saturated carbocycles. The Morgan fingerprint density at radius 2 is 2.11 bits per heavy atom. The summed E-state index contributed by atoms with van der Waals surface area (Å²) < 4.78 is 0. The Morgan fingerprint density at radius 3 is 2.84 bits per heavy atom. The Kier molecular flexibility index (Phi) is 5.64. The summed E-state index contributed by atoms with van der Waals surface area (Å²) in [7, 11) is 1.99. The highest BCUT2D eigenvalue weighted by molar-refractivity contribution is 5.82. The molecule has 2 rings (SSSR count). The molecule has 2 saturated heterocycles. The summed E-state index contributed by atoms with van der Waals surface area (Å²) in [6.07, 6.45) is 5.84. The highest BCUT2D eigenvalue weighted by Crippen LogP contribution is 2.23. The van der Waals surface area contributed by atoms with Crippen LogP contribution in [0.15, 0.2) is 0 Å². The van der Waals surface area contributed by atoms with Gasteiger partial charge in [0.2, 0.25) is 5.91 Å². The van der Waals surface area contributed by atoms with E-state index in [0.29, 0.717) is 11.8 Å². The Bertz CT molecular complexity index is 293. The number of amides is 1. The quantitative estimate of drug-likeness (QED) is 0.816. The second kappa shape index (κ2) is 7.25. The Hall–Kier alpha value is -0.610. The van der Waals surface area contributed by atoms with E-state index in [4.69, 9.17) is 0 Å². The predicted molar refractivity (Wildman–Crippen MR) is 78.1 cm³/mol. The molecule has 2 aliphatic rings. The number of carbonyl (C=O) groups is 1. The van der Waals surface area contributed by atoms with E-state index in [1.807, 2.05) is 7.05 Å². The van der Waals surface area contributed by atoms with Gasteiger partial charge in [-0.25, -0.2) is 0 Å². The van der Waals surface area contributed by atoms with Crippen LogP contribution in [-0.4, -0.2) is 61.5 Å². The van der Waals surface area contributed by atoms with Gasteiger partial charge in [-0.3, -0.25) is 9.69 Å². The van der Waals surface area contributed by atoms with Crippen LogP contribution in [0, 0.1) is 5.92 Å². The SMILES string of the molecule is CCCN1CCCC[C@H]1C(=O)N1CC[C@@H](CNC)C1. The van der Waals surface area contributed by atoms with Crippen LogP contribution in [0.3, 0.4) is 0 Å². The first-order valence-electron chi connectivity index (χ1n) is 7.93. The van der Waals surface area contributed by atoms with Gasteiger partial charge in [0.15, 0.2) is 0 Å². The van der Waals surface area contributed by atoms with E-state index in [1.54, 1.807) is 0 Å². The molecule has 2 atom stereocenters. The number of nitrogens with one attached hydrogen (secondary N) is 1. The number of nitrogens with zero attached hydrogens (tertiary/aromatic N) is 2. The number of hydrogen-bond donors (Lipinski definition) is 1. The maximum absolute atomic E-state index is 12.7. The van der Waals surface area contributed by atoms with Gasteiger partial charge in [0.25, 0.3) is 0 Å². The van der Waals surface area contributed by atoms with E-state index in [-0.39, 0.29) is 6.04 Å². The molecule has 4 heteroatoms. The molecule has 0 spiro atoms. The number of hydrogen-bond acceptors (Lipinski definition) is 3. The lowest BCUT2D eigenvalue weighted by atomic mass is 10.0. The summed E-state index contributed by atoms with van der Waals surface area (Å²) >= 11 is 0. The first-order valence-corrected chi connectivity index (χ1v) is 7.93. The fourth-order valence-electron chi connectivity index (χ4n) is 3.52. The molecule has 2 fully saturated rings. The molecule has 2 aliphatic heterocycles. The zero-order chi connectivity index (χ0) is 13.7. The second-order valence-corrected chi connectivity index (χ2v) is 6.04. The van der Waals surface area contributed by atoms with E-state index in [0.717, 1.165) is 52.0 Å². The molecule has 1 amide bonds. The van der Waals surface area contributed by atoms with Crippen LogP contribution in [0.2, 0.25) is 0 Å². The summed E-state index contributed by atoms with van der Waals surface area (Å²) in [5, 5.41) is 3.23. The lowest BCUT2D eigenvalue weighted by Crippen LogP contribution is -2.50. The van der Waals surface area contributed by atoms with E-state index in [1.165, 1.54) is 12.8 Å². The lowest BCUT2D eigenvalue weighted by molar-refractivity contribution is -0.137. The molecule has 0 aromatic heterocycles. The van der Waals surface area contributed by atoms with Gasteiger partial charge in [0.05, 0.1) is 6.04 Å². The van der Waals surface area contributed by atoms with Gasteiger partial charge in [-0.1, -0.05) is 13.3 Å². The van der Waals surface area contributed by atoms with Crippen LogP contribution in [0.1, 0.15) is 39.0 Å². The Labute approximate surface area is 117 Å². The van der Waals surface area contributed by atoms with Crippen molar-refractivity contribution in [3.8, 4) is 0 Å². The molecule has 110 valence electrons. The van der Waals surface area contributed by atoms with Crippen molar-refractivity contribution in [3.05, 3.63) is 0 Å². The first kappa shape index (κ1) is 14.8. The van der Waals surface area contributed by atoms with Crippen LogP contribution in [0.4, 0.5) is 0 Å². The zero-order valence-corrected chi connectivity index (χ0v) is 12.5. The molecule has 0 unspecified atom stereocenters. The van der Waals surface area contributed by atoms with Crippen molar-refractivity contribution in [1.82, 2.24) is 15.1 Å². The normalized spacial score (nSPS) is 28.8. The molecule has 19 heavy (non-hydrogen) atoms. The van der Waals surface area contributed by atoms with Crippen molar-refractivity contribution in [3.63, 3.8) is 0 Å². The van der Waals surface area contributed by atoms with Gasteiger partial charge in [-0.05, 0) is 58.3 Å².